The number of ether oxygens (including phenoxy) is 1. The number of carbonyl (C=O) groups is 1. The Balaban J connectivity index is 4.25. The van der Waals surface area contributed by atoms with Gasteiger partial charge in [0.25, 0.3) is 0 Å². The fourth-order valence-corrected chi connectivity index (χ4v) is 1.35. The van der Waals surface area contributed by atoms with E-state index in [1.807, 2.05) is 27.7 Å². The molecule has 0 fully saturated rings. The third-order valence-corrected chi connectivity index (χ3v) is 1.81. The summed E-state index contributed by atoms with van der Waals surface area (Å²) in [6.07, 6.45) is 1.27. The molecule has 0 spiro atoms. The van der Waals surface area contributed by atoms with Crippen LogP contribution in [0.15, 0.2) is 0 Å². The molecule has 0 saturated carbocycles. The largest absolute Gasteiger partial charge is 0.373 e. The Morgan fingerprint density at radius 3 is 2.17 bits per heavy atom. The normalized spacial score (nSPS) is 14.4. The molecular formula is C10H20O2. The SMILES string of the molecule is CCCC(=O)C(OC)C(C)(C)C. The van der Waals surface area contributed by atoms with Gasteiger partial charge in [0.15, 0.2) is 5.78 Å². The summed E-state index contributed by atoms with van der Waals surface area (Å²) >= 11 is 0. The minimum atomic E-state index is -0.252. The highest BCUT2D eigenvalue weighted by molar-refractivity contribution is 5.83. The smallest absolute Gasteiger partial charge is 0.162 e. The molecule has 0 aromatic rings. The Labute approximate surface area is 75.3 Å². The van der Waals surface area contributed by atoms with Crippen LogP contribution in [0.3, 0.4) is 0 Å². The Morgan fingerprint density at radius 1 is 1.42 bits per heavy atom. The summed E-state index contributed by atoms with van der Waals surface area (Å²) in [5.41, 5.74) is -0.0823. The molecule has 0 rings (SSSR count). The molecule has 0 aromatic heterocycles. The van der Waals surface area contributed by atoms with Crippen LogP contribution in [-0.4, -0.2) is 19.0 Å². The molecule has 0 N–H and O–H groups in total. The van der Waals surface area contributed by atoms with E-state index >= 15 is 0 Å². The second-order valence-electron chi connectivity index (χ2n) is 4.20. The Morgan fingerprint density at radius 2 is 1.92 bits per heavy atom. The van der Waals surface area contributed by atoms with Gasteiger partial charge in [0.1, 0.15) is 6.10 Å². The Kier molecular flexibility index (Phi) is 4.46. The lowest BCUT2D eigenvalue weighted by Gasteiger charge is -2.27. The lowest BCUT2D eigenvalue weighted by Crippen LogP contribution is -2.35. The minimum Gasteiger partial charge on any atom is -0.373 e. The number of methoxy groups -OCH3 is 1. The molecule has 2 heteroatoms. The standard InChI is InChI=1S/C10H20O2/c1-6-7-8(11)9(12-5)10(2,3)4/h9H,6-7H2,1-5H3. The van der Waals surface area contributed by atoms with E-state index < -0.39 is 0 Å². The molecule has 72 valence electrons. The highest BCUT2D eigenvalue weighted by Gasteiger charge is 2.29. The van der Waals surface area contributed by atoms with Crippen LogP contribution in [0.5, 0.6) is 0 Å². The van der Waals surface area contributed by atoms with Crippen LogP contribution in [0.1, 0.15) is 40.5 Å². The first-order valence-electron chi connectivity index (χ1n) is 4.49. The quantitative estimate of drug-likeness (QED) is 0.651. The van der Waals surface area contributed by atoms with E-state index in [9.17, 15) is 4.79 Å². The summed E-state index contributed by atoms with van der Waals surface area (Å²) in [7, 11) is 1.60. The first-order valence-corrected chi connectivity index (χ1v) is 4.49. The molecule has 12 heavy (non-hydrogen) atoms. The van der Waals surface area contributed by atoms with Gasteiger partial charge in [-0.2, -0.15) is 0 Å². The first-order chi connectivity index (χ1) is 5.43. The van der Waals surface area contributed by atoms with Gasteiger partial charge in [-0.3, -0.25) is 4.79 Å². The van der Waals surface area contributed by atoms with E-state index in [4.69, 9.17) is 4.74 Å². The molecule has 0 saturated heterocycles. The van der Waals surface area contributed by atoms with Crippen LogP contribution in [0.2, 0.25) is 0 Å². The Bertz CT molecular complexity index is 144. The molecule has 0 aliphatic rings. The fraction of sp³-hybridized carbons (Fsp3) is 0.900. The molecule has 0 bridgehead atoms. The van der Waals surface area contributed by atoms with Gasteiger partial charge < -0.3 is 4.74 Å². The van der Waals surface area contributed by atoms with Crippen LogP contribution in [0.4, 0.5) is 0 Å². The van der Waals surface area contributed by atoms with Gasteiger partial charge in [-0.15, -0.1) is 0 Å². The van der Waals surface area contributed by atoms with E-state index in [2.05, 4.69) is 0 Å². The lowest BCUT2D eigenvalue weighted by atomic mass is 9.85. The van der Waals surface area contributed by atoms with Crippen LogP contribution in [0, 0.1) is 5.41 Å². The maximum Gasteiger partial charge on any atom is 0.162 e. The average Bonchev–Trinajstić information content (AvgIpc) is 1.85. The van der Waals surface area contributed by atoms with Crippen molar-refractivity contribution in [2.75, 3.05) is 7.11 Å². The fourth-order valence-electron chi connectivity index (χ4n) is 1.35. The summed E-state index contributed by atoms with van der Waals surface area (Å²) in [6.45, 7) is 8.07. The zero-order valence-corrected chi connectivity index (χ0v) is 8.81. The number of carbonyl (C=O) groups excluding carboxylic acids is 1. The predicted octanol–water partition coefficient (Wildman–Crippen LogP) is 2.42. The second-order valence-corrected chi connectivity index (χ2v) is 4.20. The molecule has 0 aliphatic carbocycles. The monoisotopic (exact) mass is 172 g/mol. The van der Waals surface area contributed by atoms with Crippen LogP contribution in [-0.2, 0) is 9.53 Å². The van der Waals surface area contributed by atoms with E-state index in [-0.39, 0.29) is 17.3 Å². The van der Waals surface area contributed by atoms with E-state index in [0.29, 0.717) is 6.42 Å². The van der Waals surface area contributed by atoms with Crippen LogP contribution < -0.4 is 0 Å². The van der Waals surface area contributed by atoms with Crippen molar-refractivity contribution < 1.29 is 9.53 Å². The van der Waals surface area contributed by atoms with Crippen LogP contribution in [0.25, 0.3) is 0 Å². The highest BCUT2D eigenvalue weighted by Crippen LogP contribution is 2.23. The average molecular weight is 172 g/mol. The summed E-state index contributed by atoms with van der Waals surface area (Å²) < 4.78 is 5.18. The molecular weight excluding hydrogens is 152 g/mol. The van der Waals surface area contributed by atoms with Crippen molar-refractivity contribution in [3.05, 3.63) is 0 Å². The first kappa shape index (κ1) is 11.6. The molecule has 0 aliphatic heterocycles. The number of ketones is 1. The van der Waals surface area contributed by atoms with E-state index in [1.54, 1.807) is 7.11 Å². The number of Topliss-reactive ketones (excluding diaryl/α,β-unsaturated/α-hetero) is 1. The van der Waals surface area contributed by atoms with Crippen molar-refractivity contribution in [3.8, 4) is 0 Å². The third-order valence-electron chi connectivity index (χ3n) is 1.81. The number of hydrogen-bond donors (Lipinski definition) is 0. The third kappa shape index (κ3) is 3.35. The van der Waals surface area contributed by atoms with Crippen molar-refractivity contribution in [2.45, 2.75) is 46.6 Å². The van der Waals surface area contributed by atoms with Gasteiger partial charge in [0.05, 0.1) is 0 Å². The van der Waals surface area contributed by atoms with Crippen molar-refractivity contribution in [2.24, 2.45) is 5.41 Å². The maximum atomic E-state index is 11.5. The van der Waals surface area contributed by atoms with Gasteiger partial charge in [-0.1, -0.05) is 27.7 Å². The molecule has 0 radical (unpaired) electrons. The van der Waals surface area contributed by atoms with Crippen molar-refractivity contribution in [1.29, 1.82) is 0 Å². The topological polar surface area (TPSA) is 26.3 Å². The zero-order chi connectivity index (χ0) is 9.78. The van der Waals surface area contributed by atoms with Crippen molar-refractivity contribution in [1.82, 2.24) is 0 Å². The number of hydrogen-bond acceptors (Lipinski definition) is 2. The van der Waals surface area contributed by atoms with Crippen LogP contribution >= 0.6 is 0 Å². The zero-order valence-electron chi connectivity index (χ0n) is 8.81. The van der Waals surface area contributed by atoms with Gasteiger partial charge in [0.2, 0.25) is 0 Å². The molecule has 0 heterocycles. The summed E-state index contributed by atoms with van der Waals surface area (Å²) in [5.74, 6) is 0.215. The van der Waals surface area contributed by atoms with Gasteiger partial charge in [0, 0.05) is 13.5 Å². The van der Waals surface area contributed by atoms with Crippen molar-refractivity contribution in [3.63, 3.8) is 0 Å². The van der Waals surface area contributed by atoms with Gasteiger partial charge in [-0.05, 0) is 11.8 Å². The summed E-state index contributed by atoms with van der Waals surface area (Å²) in [4.78, 5) is 11.5. The second kappa shape index (κ2) is 4.61. The highest BCUT2D eigenvalue weighted by atomic mass is 16.5. The molecule has 1 atom stereocenters. The van der Waals surface area contributed by atoms with E-state index in [1.165, 1.54) is 0 Å². The van der Waals surface area contributed by atoms with E-state index in [0.717, 1.165) is 6.42 Å². The maximum absolute atomic E-state index is 11.5. The predicted molar refractivity (Wildman–Crippen MR) is 50.2 cm³/mol. The van der Waals surface area contributed by atoms with Crippen molar-refractivity contribution >= 4 is 5.78 Å². The Hall–Kier alpha value is -0.370. The number of rotatable bonds is 4. The summed E-state index contributed by atoms with van der Waals surface area (Å²) in [6, 6.07) is 0. The minimum absolute atomic E-state index is 0.0823. The molecule has 0 aromatic carbocycles. The molecule has 0 amide bonds. The van der Waals surface area contributed by atoms with Gasteiger partial charge >= 0.3 is 0 Å². The summed E-state index contributed by atoms with van der Waals surface area (Å²) in [5, 5.41) is 0. The lowest BCUT2D eigenvalue weighted by molar-refractivity contribution is -0.134. The van der Waals surface area contributed by atoms with Gasteiger partial charge in [-0.25, -0.2) is 0 Å². The molecule has 2 nitrogen and oxygen atoms in total. The molecule has 1 unspecified atom stereocenters.